The largest absolute Gasteiger partial charge is 0.341 e. The van der Waals surface area contributed by atoms with E-state index in [1.807, 2.05) is 0 Å². The number of sulfone groups is 1. The lowest BCUT2D eigenvalue weighted by Crippen LogP contribution is -2.34. The van der Waals surface area contributed by atoms with E-state index < -0.39 is 30.9 Å². The first-order chi connectivity index (χ1) is 11.1. The van der Waals surface area contributed by atoms with Crippen LogP contribution in [0.4, 0.5) is 4.39 Å². The Bertz CT molecular complexity index is 823. The second kappa shape index (κ2) is 7.16. The van der Waals surface area contributed by atoms with E-state index in [0.717, 1.165) is 18.4 Å². The maximum Gasteiger partial charge on any atom is 0.240 e. The first-order valence-electron chi connectivity index (χ1n) is 7.31. The van der Waals surface area contributed by atoms with E-state index in [0.29, 0.717) is 13.0 Å². The van der Waals surface area contributed by atoms with Gasteiger partial charge in [0, 0.05) is 32.3 Å². The molecule has 1 aromatic rings. The number of halogens is 1. The lowest BCUT2D eigenvalue weighted by Gasteiger charge is -2.16. The van der Waals surface area contributed by atoms with Crippen molar-refractivity contribution >= 4 is 25.8 Å². The Hall–Kier alpha value is -1.52. The number of hydrogen-bond acceptors (Lipinski definition) is 5. The van der Waals surface area contributed by atoms with Gasteiger partial charge in [0.2, 0.25) is 15.9 Å². The maximum atomic E-state index is 13.1. The Morgan fingerprint density at radius 2 is 2.04 bits per heavy atom. The molecule has 0 spiro atoms. The van der Waals surface area contributed by atoms with Crippen molar-refractivity contribution in [1.82, 2.24) is 9.62 Å². The van der Waals surface area contributed by atoms with Gasteiger partial charge in [-0.25, -0.2) is 25.9 Å². The molecule has 2 rings (SSSR count). The number of carbonyl (C=O) groups excluding carboxylic acids is 1. The quantitative estimate of drug-likeness (QED) is 0.759. The summed E-state index contributed by atoms with van der Waals surface area (Å²) in [5.74, 6) is -0.985. The van der Waals surface area contributed by atoms with Gasteiger partial charge < -0.3 is 4.90 Å². The van der Waals surface area contributed by atoms with Crippen molar-refractivity contribution in [3.05, 3.63) is 30.1 Å². The molecule has 0 bridgehead atoms. The van der Waals surface area contributed by atoms with Crippen LogP contribution in [0, 0.1) is 5.82 Å². The summed E-state index contributed by atoms with van der Waals surface area (Å²) in [7, 11) is -7.09. The second-order valence-corrected chi connectivity index (χ2v) is 9.78. The summed E-state index contributed by atoms with van der Waals surface area (Å²) >= 11 is 0. The predicted molar refractivity (Wildman–Crippen MR) is 86.0 cm³/mol. The van der Waals surface area contributed by atoms with Gasteiger partial charge in [-0.15, -0.1) is 0 Å². The van der Waals surface area contributed by atoms with Crippen LogP contribution in [0.25, 0.3) is 0 Å². The van der Waals surface area contributed by atoms with Crippen LogP contribution in [0.1, 0.15) is 12.8 Å². The minimum atomic E-state index is -3.89. The molecule has 1 heterocycles. The van der Waals surface area contributed by atoms with Crippen LogP contribution in [0.15, 0.2) is 29.2 Å². The Labute approximate surface area is 140 Å². The number of sulfonamides is 1. The van der Waals surface area contributed by atoms with E-state index >= 15 is 0 Å². The number of carbonyl (C=O) groups is 1. The monoisotopic (exact) mass is 378 g/mol. The van der Waals surface area contributed by atoms with Crippen molar-refractivity contribution in [1.29, 1.82) is 0 Å². The molecule has 0 radical (unpaired) electrons. The van der Waals surface area contributed by atoms with Crippen molar-refractivity contribution in [2.24, 2.45) is 0 Å². The highest BCUT2D eigenvalue weighted by molar-refractivity contribution is 7.91. The topological polar surface area (TPSA) is 101 Å². The van der Waals surface area contributed by atoms with Gasteiger partial charge >= 0.3 is 0 Å². The highest BCUT2D eigenvalue weighted by atomic mass is 32.2. The summed E-state index contributed by atoms with van der Waals surface area (Å²) in [4.78, 5) is 13.2. The minimum absolute atomic E-state index is 0.0922. The predicted octanol–water partition coefficient (Wildman–Crippen LogP) is 0.140. The van der Waals surface area contributed by atoms with Crippen LogP contribution in [0.2, 0.25) is 0 Å². The zero-order chi connectivity index (χ0) is 18.0. The summed E-state index contributed by atoms with van der Waals surface area (Å²) in [5.41, 5.74) is 0. The second-order valence-electron chi connectivity index (χ2n) is 5.69. The van der Waals surface area contributed by atoms with E-state index in [9.17, 15) is 26.0 Å². The molecule has 1 saturated heterocycles. The molecule has 1 amide bonds. The fourth-order valence-electron chi connectivity index (χ4n) is 2.47. The van der Waals surface area contributed by atoms with Crippen molar-refractivity contribution in [2.75, 3.05) is 25.9 Å². The van der Waals surface area contributed by atoms with Crippen molar-refractivity contribution in [2.45, 2.75) is 23.0 Å². The first-order valence-corrected chi connectivity index (χ1v) is 10.8. The highest BCUT2D eigenvalue weighted by Crippen LogP contribution is 2.17. The number of benzene rings is 1. The lowest BCUT2D eigenvalue weighted by atomic mass is 10.4. The maximum absolute atomic E-state index is 13.1. The zero-order valence-electron chi connectivity index (χ0n) is 13.1. The number of nitrogens with zero attached hydrogens (tertiary/aromatic N) is 1. The molecule has 24 heavy (non-hydrogen) atoms. The molecule has 1 aliphatic heterocycles. The Kier molecular flexibility index (Phi) is 5.61. The molecular weight excluding hydrogens is 359 g/mol. The van der Waals surface area contributed by atoms with Crippen LogP contribution < -0.4 is 4.72 Å². The fraction of sp³-hybridized carbons (Fsp3) is 0.500. The molecular formula is C14H19FN2O5S2. The lowest BCUT2D eigenvalue weighted by molar-refractivity contribution is -0.129. The van der Waals surface area contributed by atoms with Gasteiger partial charge in [0.05, 0.1) is 10.1 Å². The third kappa shape index (κ3) is 4.74. The third-order valence-corrected chi connectivity index (χ3v) is 6.90. The van der Waals surface area contributed by atoms with Crippen molar-refractivity contribution in [3.8, 4) is 0 Å². The molecule has 1 fully saturated rings. The SMILES string of the molecule is CS(=O)(=O)C1CCN(C(=O)CCNS(=O)(=O)c2cccc(F)c2)C1. The summed E-state index contributed by atoms with van der Waals surface area (Å²) in [6.07, 6.45) is 1.43. The van der Waals surface area contributed by atoms with Crippen LogP contribution in [0.5, 0.6) is 0 Å². The normalized spacial score (nSPS) is 18.8. The molecule has 0 saturated carbocycles. The fourth-order valence-corrected chi connectivity index (χ4v) is 4.52. The van der Waals surface area contributed by atoms with E-state index in [1.54, 1.807) is 0 Å². The Morgan fingerprint density at radius 3 is 2.62 bits per heavy atom. The molecule has 1 unspecified atom stereocenters. The van der Waals surface area contributed by atoms with E-state index in [4.69, 9.17) is 0 Å². The molecule has 0 aliphatic carbocycles. The van der Waals surface area contributed by atoms with Crippen LogP contribution in [-0.4, -0.2) is 58.8 Å². The standard InChI is InChI=1S/C14H19FN2O5S2/c1-23(19,20)13-6-8-17(10-13)14(18)5-7-16-24(21,22)12-4-2-3-11(15)9-12/h2-4,9,13,16H,5-8,10H2,1H3. The molecule has 7 nitrogen and oxygen atoms in total. The summed E-state index contributed by atoms with van der Waals surface area (Å²) in [6.45, 7) is 0.333. The zero-order valence-corrected chi connectivity index (χ0v) is 14.7. The minimum Gasteiger partial charge on any atom is -0.341 e. The summed E-state index contributed by atoms with van der Waals surface area (Å²) in [5, 5.41) is -0.564. The van der Waals surface area contributed by atoms with Gasteiger partial charge in [0.15, 0.2) is 9.84 Å². The van der Waals surface area contributed by atoms with E-state index in [2.05, 4.69) is 4.72 Å². The van der Waals surface area contributed by atoms with E-state index in [1.165, 1.54) is 17.0 Å². The first kappa shape index (κ1) is 18.8. The van der Waals surface area contributed by atoms with E-state index in [-0.39, 0.29) is 30.3 Å². The van der Waals surface area contributed by atoms with Crippen LogP contribution in [0.3, 0.4) is 0 Å². The molecule has 1 aromatic carbocycles. The molecule has 1 atom stereocenters. The number of hydrogen-bond donors (Lipinski definition) is 1. The van der Waals surface area contributed by atoms with Crippen LogP contribution >= 0.6 is 0 Å². The average molecular weight is 378 g/mol. The number of likely N-dealkylation sites (tertiary alicyclic amines) is 1. The van der Waals surface area contributed by atoms with Gasteiger partial charge in [-0.3, -0.25) is 4.79 Å². The van der Waals surface area contributed by atoms with Gasteiger partial charge in [-0.1, -0.05) is 6.07 Å². The van der Waals surface area contributed by atoms with Crippen LogP contribution in [-0.2, 0) is 24.7 Å². The highest BCUT2D eigenvalue weighted by Gasteiger charge is 2.32. The number of rotatable bonds is 6. The summed E-state index contributed by atoms with van der Waals surface area (Å²) in [6, 6.07) is 4.56. The summed E-state index contributed by atoms with van der Waals surface area (Å²) < 4.78 is 62.2. The Balaban J connectivity index is 1.87. The third-order valence-electron chi connectivity index (χ3n) is 3.84. The molecule has 1 aliphatic rings. The van der Waals surface area contributed by atoms with Gasteiger partial charge in [-0.2, -0.15) is 0 Å². The van der Waals surface area contributed by atoms with Crippen molar-refractivity contribution < 1.29 is 26.0 Å². The van der Waals surface area contributed by atoms with Gasteiger partial charge in [-0.05, 0) is 24.6 Å². The molecule has 0 aromatic heterocycles. The van der Waals surface area contributed by atoms with Gasteiger partial charge in [0.1, 0.15) is 5.82 Å². The average Bonchev–Trinajstić information content (AvgIpc) is 2.97. The molecule has 10 heteroatoms. The molecule has 134 valence electrons. The van der Waals surface area contributed by atoms with Crippen molar-refractivity contribution in [3.63, 3.8) is 0 Å². The smallest absolute Gasteiger partial charge is 0.240 e. The Morgan fingerprint density at radius 1 is 1.33 bits per heavy atom. The molecule has 1 N–H and O–H groups in total. The van der Waals surface area contributed by atoms with Gasteiger partial charge in [0.25, 0.3) is 0 Å². The number of amides is 1. The number of nitrogens with one attached hydrogen (secondary N) is 1.